The summed E-state index contributed by atoms with van der Waals surface area (Å²) in [6.07, 6.45) is -49.1. The number of carboxylic acid groups (broad SMARTS) is 2. The highest BCUT2D eigenvalue weighted by Gasteiger charge is 2.60. The van der Waals surface area contributed by atoms with Crippen LogP contribution in [0.15, 0.2) is 24.3 Å². The van der Waals surface area contributed by atoms with Gasteiger partial charge in [0.05, 0.1) is 13.2 Å². The first-order valence-corrected chi connectivity index (χ1v) is 28.2. The van der Waals surface area contributed by atoms with Gasteiger partial charge in [-0.3, -0.25) is 27.6 Å². The Morgan fingerprint density at radius 2 is 0.974 bits per heavy atom. The number of aryl methyl sites for hydroxylation is 2. The molecule has 4 heterocycles. The standard InChI is InChI=1S/C26H42N2O37S5.C8H10/c1-4(30)27-7-9(31)13(6(56-23(7)39)3-55-67(43,44)45)58-26-19(65-70(52,53)54)12(34)16(20(62-26)22(37)38)60-24-8(28-66(40,41)42)15(63-68(46,47)48)14(5(2-29)57-24)59-25-18(64-69(49,50)51)11(33)10(32)17(61-25)21(35)36;1-7-3-5-8(2)6-4-7/h5-20,23-26,28-29,31-34,39H,2-3H2,1H3,(H,27,30)(H,35,36)(H,37,38)(H,40,41,42)(H,43,44,45)(H,46,47,48)(H,49,50,51)(H,52,53,54);3-6H,1-2H3/t5-,6+,7-,8-,9-,10-,11-,12+,13-,14-,15-,16+,17-,18+,19-,20+,23-,24+,25+,26-;/m1./s1. The Bertz CT molecular complexity index is 2790. The van der Waals surface area contributed by atoms with Gasteiger partial charge in [-0.2, -0.15) is 46.8 Å². The van der Waals surface area contributed by atoms with Crippen molar-refractivity contribution in [1.82, 2.24) is 10.0 Å². The predicted molar refractivity (Wildman–Crippen MR) is 237 cm³/mol. The minimum Gasteiger partial charge on any atom is -0.479 e. The van der Waals surface area contributed by atoms with E-state index in [0.29, 0.717) is 0 Å². The zero-order valence-corrected chi connectivity index (χ0v) is 43.5. The highest BCUT2D eigenvalue weighted by molar-refractivity contribution is 7.83. The SMILES string of the molecule is CC(=O)N[C@@H]1[C@@H](O)[C@H](O[C@@H]2O[C@H](C(=O)O)[C@@H](O[C@@H]3O[C@H](CO)[C@@H](O[C@H]4O[C@@H](C(=O)O)[C@H](O)[C@@H](O)[C@@H]4OS(=O)(=O)O)[C@H](OS(=O)(=O)O)[C@H]3NS(=O)(=O)O)[C@H](O)[C@H]2OS(=O)(=O)O)[C@H](COS(=O)(=O)O)O[C@H]1O.Cc1ccc(C)cc1. The minimum atomic E-state index is -6.09. The van der Waals surface area contributed by atoms with E-state index in [-0.39, 0.29) is 0 Å². The molecule has 450 valence electrons. The quantitative estimate of drug-likeness (QED) is 0.0508. The van der Waals surface area contributed by atoms with Crippen LogP contribution in [0.1, 0.15) is 18.1 Å². The Kier molecular flexibility index (Phi) is 22.8. The van der Waals surface area contributed by atoms with Crippen LogP contribution in [0.5, 0.6) is 0 Å². The van der Waals surface area contributed by atoms with E-state index in [4.69, 9.17) is 37.7 Å². The summed E-state index contributed by atoms with van der Waals surface area (Å²) in [6, 6.07) is 3.52. The first-order valence-electron chi connectivity index (χ1n) is 21.3. The maximum absolute atomic E-state index is 12.7. The molecule has 4 saturated heterocycles. The Morgan fingerprint density at radius 3 is 1.41 bits per heavy atom. The molecular formula is C34H52N2O37S5. The van der Waals surface area contributed by atoms with Crippen LogP contribution in [-0.2, 0) is 116 Å². The molecule has 44 heteroatoms. The molecule has 15 N–H and O–H groups in total. The Balaban J connectivity index is 0.00000150. The fourth-order valence-electron chi connectivity index (χ4n) is 7.69. The number of rotatable bonds is 21. The van der Waals surface area contributed by atoms with Crippen LogP contribution in [0.2, 0.25) is 0 Å². The third-order valence-corrected chi connectivity index (χ3v) is 13.3. The summed E-state index contributed by atoms with van der Waals surface area (Å²) < 4.78 is 222. The van der Waals surface area contributed by atoms with Gasteiger partial charge in [-0.05, 0) is 13.8 Å². The fraction of sp³-hybridized carbons (Fsp3) is 0.735. The lowest BCUT2D eigenvalue weighted by atomic mass is 9.94. The van der Waals surface area contributed by atoms with Crippen LogP contribution in [0, 0.1) is 13.8 Å². The summed E-state index contributed by atoms with van der Waals surface area (Å²) in [7, 11) is -29.1. The number of aliphatic hydroxyl groups is 6. The lowest BCUT2D eigenvalue weighted by Crippen LogP contribution is -2.71. The van der Waals surface area contributed by atoms with Gasteiger partial charge in [0.2, 0.25) is 5.91 Å². The molecule has 0 bridgehead atoms. The molecule has 0 spiro atoms. The van der Waals surface area contributed by atoms with Gasteiger partial charge in [0.1, 0.15) is 73.1 Å². The lowest BCUT2D eigenvalue weighted by molar-refractivity contribution is -0.366. The van der Waals surface area contributed by atoms with E-state index in [1.165, 1.54) is 15.8 Å². The van der Waals surface area contributed by atoms with Crippen LogP contribution in [-0.4, -0.2) is 259 Å². The average molecular weight is 1240 g/mol. The largest absolute Gasteiger partial charge is 0.479 e. The normalized spacial score (nSPS) is 36.1. The molecule has 1 aromatic carbocycles. The number of benzene rings is 1. The Labute approximate surface area is 440 Å². The molecule has 20 atom stereocenters. The van der Waals surface area contributed by atoms with Crippen LogP contribution < -0.4 is 10.0 Å². The van der Waals surface area contributed by atoms with E-state index in [2.05, 4.69) is 54.8 Å². The molecule has 1 amide bonds. The van der Waals surface area contributed by atoms with Crippen molar-refractivity contribution >= 4 is 69.7 Å². The van der Waals surface area contributed by atoms with Crippen molar-refractivity contribution in [3.05, 3.63) is 35.4 Å². The molecule has 39 nitrogen and oxygen atoms in total. The molecule has 4 aliphatic heterocycles. The smallest absolute Gasteiger partial charge is 0.397 e. The summed E-state index contributed by atoms with van der Waals surface area (Å²) in [5.74, 6) is -5.49. The molecule has 1 aromatic rings. The second-order valence-corrected chi connectivity index (χ2v) is 22.2. The number of amides is 1. The number of carbonyl (C=O) groups is 3. The van der Waals surface area contributed by atoms with Gasteiger partial charge in [-0.25, -0.2) is 26.3 Å². The molecular weight excluding hydrogens is 1190 g/mol. The van der Waals surface area contributed by atoms with Gasteiger partial charge >= 0.3 is 63.8 Å². The Morgan fingerprint density at radius 1 is 0.526 bits per heavy atom. The zero-order chi connectivity index (χ0) is 59.4. The monoisotopic (exact) mass is 1240 g/mol. The third-order valence-electron chi connectivity index (χ3n) is 10.9. The van der Waals surface area contributed by atoms with E-state index in [9.17, 15) is 116 Å². The summed E-state index contributed by atoms with van der Waals surface area (Å²) in [6.45, 7) is 1.95. The van der Waals surface area contributed by atoms with Crippen molar-refractivity contribution in [2.75, 3.05) is 13.2 Å². The molecule has 0 saturated carbocycles. The summed E-state index contributed by atoms with van der Waals surface area (Å²) >= 11 is 0. The molecule has 0 radical (unpaired) electrons. The number of carbonyl (C=O) groups excluding carboxylic acids is 1. The zero-order valence-electron chi connectivity index (χ0n) is 39.4. The lowest BCUT2D eigenvalue weighted by Gasteiger charge is -2.50. The molecule has 78 heavy (non-hydrogen) atoms. The Hall–Kier alpha value is -3.54. The fourth-order valence-corrected chi connectivity index (χ4v) is 10.1. The van der Waals surface area contributed by atoms with E-state index in [1.807, 2.05) is 5.32 Å². The number of nitrogens with one attached hydrogen (secondary N) is 2. The molecule has 4 fully saturated rings. The van der Waals surface area contributed by atoms with Crippen LogP contribution >= 0.6 is 0 Å². The van der Waals surface area contributed by atoms with Gasteiger partial charge in [0.25, 0.3) is 0 Å². The van der Waals surface area contributed by atoms with E-state index in [1.54, 1.807) is 0 Å². The number of carboxylic acids is 2. The number of hydrogen-bond donors (Lipinski definition) is 15. The number of aliphatic carboxylic acids is 2. The van der Waals surface area contributed by atoms with E-state index >= 15 is 0 Å². The van der Waals surface area contributed by atoms with Gasteiger partial charge in [0.15, 0.2) is 49.6 Å². The van der Waals surface area contributed by atoms with Crippen molar-refractivity contribution in [2.45, 2.75) is 143 Å². The van der Waals surface area contributed by atoms with Crippen molar-refractivity contribution in [3.8, 4) is 0 Å². The topological polar surface area (TPSA) is 610 Å². The van der Waals surface area contributed by atoms with E-state index < -0.39 is 206 Å². The molecule has 0 aliphatic carbocycles. The second-order valence-electron chi connectivity index (χ2n) is 16.8. The molecule has 5 rings (SSSR count). The maximum atomic E-state index is 12.7. The van der Waals surface area contributed by atoms with Crippen molar-refractivity contribution in [3.63, 3.8) is 0 Å². The summed E-state index contributed by atoms with van der Waals surface area (Å²) in [5, 5.41) is 86.0. The summed E-state index contributed by atoms with van der Waals surface area (Å²) in [4.78, 5) is 36.4. The van der Waals surface area contributed by atoms with Gasteiger partial charge in [-0.1, -0.05) is 35.4 Å². The van der Waals surface area contributed by atoms with Crippen LogP contribution in [0.4, 0.5) is 0 Å². The summed E-state index contributed by atoms with van der Waals surface area (Å²) in [5.41, 5.74) is 2.66. The van der Waals surface area contributed by atoms with Crippen LogP contribution in [0.3, 0.4) is 0 Å². The average Bonchev–Trinajstić information content (AvgIpc) is 3.27. The molecule has 0 unspecified atom stereocenters. The maximum Gasteiger partial charge on any atom is 0.397 e. The van der Waals surface area contributed by atoms with Gasteiger partial charge < -0.3 is 79.3 Å². The number of aliphatic hydroxyl groups excluding tert-OH is 6. The molecule has 4 aliphatic rings. The first kappa shape index (κ1) is 67.0. The minimum absolute atomic E-state index is 0.840. The van der Waals surface area contributed by atoms with Crippen molar-refractivity contribution in [2.24, 2.45) is 0 Å². The highest BCUT2D eigenvalue weighted by Crippen LogP contribution is 2.37. The third kappa shape index (κ3) is 19.3. The predicted octanol–water partition coefficient (Wildman–Crippen LogP) is -8.41. The molecule has 0 aromatic heterocycles. The highest BCUT2D eigenvalue weighted by atomic mass is 32.3. The number of hydrogen-bond acceptors (Lipinski definition) is 30. The first-order chi connectivity index (χ1) is 35.6. The van der Waals surface area contributed by atoms with Gasteiger partial charge in [0, 0.05) is 6.92 Å². The number of ether oxygens (including phenoxy) is 7. The second kappa shape index (κ2) is 26.6. The van der Waals surface area contributed by atoms with Gasteiger partial charge in [-0.15, -0.1) is 0 Å². The van der Waals surface area contributed by atoms with E-state index in [0.717, 1.165) is 6.92 Å². The van der Waals surface area contributed by atoms with Crippen molar-refractivity contribution < 1.29 is 170 Å². The van der Waals surface area contributed by atoms with Crippen LogP contribution in [0.25, 0.3) is 0 Å². The van der Waals surface area contributed by atoms with Crippen molar-refractivity contribution in [1.29, 1.82) is 0 Å².